The lowest BCUT2D eigenvalue weighted by Crippen LogP contribution is -2.27. The molecule has 1 unspecified atom stereocenters. The second-order valence-electron chi connectivity index (χ2n) is 4.88. The van der Waals surface area contributed by atoms with Gasteiger partial charge in [-0.2, -0.15) is 0 Å². The maximum Gasteiger partial charge on any atom is 0.107 e. The van der Waals surface area contributed by atoms with Gasteiger partial charge >= 0.3 is 0 Å². The molecule has 0 saturated carbocycles. The highest BCUT2D eigenvalue weighted by Gasteiger charge is 2.29. The normalized spacial score (nSPS) is 18.8. The maximum absolute atomic E-state index is 6.09. The molecule has 0 amide bonds. The Morgan fingerprint density at radius 3 is 3.05 bits per heavy atom. The van der Waals surface area contributed by atoms with Crippen molar-refractivity contribution in [3.05, 3.63) is 50.4 Å². The van der Waals surface area contributed by atoms with E-state index in [0.29, 0.717) is 6.54 Å². The second kappa shape index (κ2) is 5.21. The van der Waals surface area contributed by atoms with Crippen LogP contribution in [0.1, 0.15) is 27.9 Å². The van der Waals surface area contributed by atoms with Gasteiger partial charge in [0.1, 0.15) is 5.01 Å². The van der Waals surface area contributed by atoms with E-state index < -0.39 is 0 Å². The van der Waals surface area contributed by atoms with Gasteiger partial charge in [-0.05, 0) is 30.2 Å². The number of aryl methyl sites for hydroxylation is 1. The quantitative estimate of drug-likeness (QED) is 0.945. The highest BCUT2D eigenvalue weighted by atomic mass is 35.5. The Kier molecular flexibility index (Phi) is 3.58. The van der Waals surface area contributed by atoms with Crippen molar-refractivity contribution in [1.82, 2.24) is 9.88 Å². The molecule has 2 N–H and O–H groups in total. The van der Waals surface area contributed by atoms with Gasteiger partial charge in [-0.25, -0.2) is 4.98 Å². The minimum atomic E-state index is 0.248. The monoisotopic (exact) mass is 293 g/mol. The van der Waals surface area contributed by atoms with Gasteiger partial charge in [0.15, 0.2) is 0 Å². The van der Waals surface area contributed by atoms with Gasteiger partial charge < -0.3 is 5.73 Å². The lowest BCUT2D eigenvalue weighted by Gasteiger charge is -2.22. The van der Waals surface area contributed by atoms with Crippen LogP contribution in [0.3, 0.4) is 0 Å². The molecule has 0 fully saturated rings. The first-order chi connectivity index (χ1) is 9.17. The molecule has 100 valence electrons. The molecule has 1 aliphatic heterocycles. The molecule has 19 heavy (non-hydrogen) atoms. The minimum absolute atomic E-state index is 0.248. The maximum atomic E-state index is 6.09. The molecule has 1 atom stereocenters. The Morgan fingerprint density at radius 1 is 1.53 bits per heavy atom. The first-order valence-corrected chi connectivity index (χ1v) is 7.56. The largest absolute Gasteiger partial charge is 0.329 e. The molecular weight excluding hydrogens is 278 g/mol. The van der Waals surface area contributed by atoms with Crippen molar-refractivity contribution in [2.75, 3.05) is 6.54 Å². The van der Waals surface area contributed by atoms with Crippen LogP contribution < -0.4 is 5.73 Å². The van der Waals surface area contributed by atoms with Crippen LogP contribution in [0.2, 0.25) is 5.02 Å². The van der Waals surface area contributed by atoms with Gasteiger partial charge in [-0.3, -0.25) is 4.90 Å². The number of fused-ring (bicyclic) bond motifs is 1. The van der Waals surface area contributed by atoms with Crippen LogP contribution in [0.25, 0.3) is 0 Å². The van der Waals surface area contributed by atoms with Crippen LogP contribution in [-0.4, -0.2) is 16.4 Å². The fourth-order valence-corrected chi connectivity index (χ4v) is 3.61. The zero-order valence-electron chi connectivity index (χ0n) is 10.8. The summed E-state index contributed by atoms with van der Waals surface area (Å²) in [5.74, 6) is 0. The van der Waals surface area contributed by atoms with Gasteiger partial charge in [0.25, 0.3) is 0 Å². The van der Waals surface area contributed by atoms with Crippen molar-refractivity contribution in [2.45, 2.75) is 26.1 Å². The molecule has 2 heterocycles. The summed E-state index contributed by atoms with van der Waals surface area (Å²) >= 11 is 7.80. The second-order valence-corrected chi connectivity index (χ2v) is 6.26. The van der Waals surface area contributed by atoms with E-state index in [2.05, 4.69) is 21.3 Å². The Labute approximate surface area is 122 Å². The number of thiazole rings is 1. The fraction of sp³-hybridized carbons (Fsp3) is 0.357. The molecule has 3 rings (SSSR count). The van der Waals surface area contributed by atoms with Gasteiger partial charge in [-0.1, -0.05) is 17.7 Å². The Bertz CT molecular complexity index is 596. The predicted octanol–water partition coefficient (Wildman–Crippen LogP) is 3.12. The smallest absolute Gasteiger partial charge is 0.107 e. The average molecular weight is 294 g/mol. The highest BCUT2D eigenvalue weighted by molar-refractivity contribution is 7.09. The molecule has 3 nitrogen and oxygen atoms in total. The van der Waals surface area contributed by atoms with E-state index in [1.807, 2.05) is 19.1 Å². The van der Waals surface area contributed by atoms with Gasteiger partial charge in [0.05, 0.1) is 6.54 Å². The first-order valence-electron chi connectivity index (χ1n) is 6.31. The molecule has 2 aromatic rings. The van der Waals surface area contributed by atoms with Crippen LogP contribution in [-0.2, 0) is 13.1 Å². The molecule has 0 aliphatic carbocycles. The number of nitrogens with zero attached hydrogens (tertiary/aromatic N) is 2. The SMILES string of the molecule is Cc1csc(CN2Cc3ccc(Cl)cc3C2CN)n1. The van der Waals surface area contributed by atoms with E-state index in [0.717, 1.165) is 28.8 Å². The summed E-state index contributed by atoms with van der Waals surface area (Å²) < 4.78 is 0. The standard InChI is InChI=1S/C14H16ClN3S/c1-9-8-19-14(17-9)7-18-6-10-2-3-11(15)4-12(10)13(18)5-16/h2-4,8,13H,5-7,16H2,1H3. The topological polar surface area (TPSA) is 42.1 Å². The lowest BCUT2D eigenvalue weighted by molar-refractivity contribution is 0.210. The molecule has 0 spiro atoms. The zero-order chi connectivity index (χ0) is 13.4. The third-order valence-electron chi connectivity index (χ3n) is 3.51. The number of benzene rings is 1. The number of hydrogen-bond donors (Lipinski definition) is 1. The summed E-state index contributed by atoms with van der Waals surface area (Å²) in [7, 11) is 0. The summed E-state index contributed by atoms with van der Waals surface area (Å²) in [6, 6.07) is 6.35. The van der Waals surface area contributed by atoms with E-state index in [9.17, 15) is 0 Å². The van der Waals surface area contributed by atoms with E-state index >= 15 is 0 Å². The minimum Gasteiger partial charge on any atom is -0.329 e. The molecule has 5 heteroatoms. The van der Waals surface area contributed by atoms with Crippen molar-refractivity contribution in [1.29, 1.82) is 0 Å². The zero-order valence-corrected chi connectivity index (χ0v) is 12.3. The van der Waals surface area contributed by atoms with Gasteiger partial charge in [0.2, 0.25) is 0 Å². The third kappa shape index (κ3) is 2.54. The lowest BCUT2D eigenvalue weighted by atomic mass is 10.1. The summed E-state index contributed by atoms with van der Waals surface area (Å²) in [5, 5.41) is 4.02. The molecule has 0 bridgehead atoms. The van der Waals surface area contributed by atoms with E-state index in [-0.39, 0.29) is 6.04 Å². The number of hydrogen-bond acceptors (Lipinski definition) is 4. The van der Waals surface area contributed by atoms with E-state index in [1.54, 1.807) is 11.3 Å². The molecule has 1 aliphatic rings. The van der Waals surface area contributed by atoms with Crippen molar-refractivity contribution < 1.29 is 0 Å². The molecular formula is C14H16ClN3S. The first kappa shape index (κ1) is 13.1. The van der Waals surface area contributed by atoms with Crippen LogP contribution >= 0.6 is 22.9 Å². The highest BCUT2D eigenvalue weighted by Crippen LogP contribution is 2.35. The number of aromatic nitrogens is 1. The van der Waals surface area contributed by atoms with Crippen molar-refractivity contribution in [3.8, 4) is 0 Å². The number of halogens is 1. The van der Waals surface area contributed by atoms with Crippen molar-refractivity contribution >= 4 is 22.9 Å². The van der Waals surface area contributed by atoms with Crippen LogP contribution in [0.15, 0.2) is 23.6 Å². The van der Waals surface area contributed by atoms with Gasteiger partial charge in [0, 0.05) is 35.2 Å². The average Bonchev–Trinajstić information content (AvgIpc) is 2.93. The number of nitrogens with two attached hydrogens (primary N) is 1. The van der Waals surface area contributed by atoms with E-state index in [4.69, 9.17) is 17.3 Å². The Balaban J connectivity index is 1.85. The molecule has 1 aromatic carbocycles. The molecule has 0 radical (unpaired) electrons. The molecule has 1 aromatic heterocycles. The summed E-state index contributed by atoms with van der Waals surface area (Å²) in [5.41, 5.74) is 9.63. The summed E-state index contributed by atoms with van der Waals surface area (Å²) in [6.07, 6.45) is 0. The van der Waals surface area contributed by atoms with Crippen LogP contribution in [0.4, 0.5) is 0 Å². The Hall–Kier alpha value is -0.940. The van der Waals surface area contributed by atoms with Gasteiger partial charge in [-0.15, -0.1) is 11.3 Å². The summed E-state index contributed by atoms with van der Waals surface area (Å²) in [6.45, 7) is 4.41. The van der Waals surface area contributed by atoms with Crippen molar-refractivity contribution in [2.24, 2.45) is 5.73 Å². The van der Waals surface area contributed by atoms with Crippen LogP contribution in [0, 0.1) is 6.92 Å². The predicted molar refractivity (Wildman–Crippen MR) is 79.3 cm³/mol. The van der Waals surface area contributed by atoms with Crippen LogP contribution in [0.5, 0.6) is 0 Å². The Morgan fingerprint density at radius 2 is 2.37 bits per heavy atom. The molecule has 0 saturated heterocycles. The summed E-state index contributed by atoms with van der Waals surface area (Å²) in [4.78, 5) is 6.91. The number of rotatable bonds is 3. The van der Waals surface area contributed by atoms with E-state index in [1.165, 1.54) is 11.1 Å². The van der Waals surface area contributed by atoms with Crippen molar-refractivity contribution in [3.63, 3.8) is 0 Å². The fourth-order valence-electron chi connectivity index (χ4n) is 2.64. The third-order valence-corrected chi connectivity index (χ3v) is 4.70.